The summed E-state index contributed by atoms with van der Waals surface area (Å²) in [5.41, 5.74) is 0. The van der Waals surface area contributed by atoms with Gasteiger partial charge in [0.25, 0.3) is 0 Å². The van der Waals surface area contributed by atoms with Crippen LogP contribution in [0.15, 0.2) is 0 Å². The molecule has 0 aliphatic carbocycles. The highest BCUT2D eigenvalue weighted by molar-refractivity contribution is 4.70. The van der Waals surface area contributed by atoms with Gasteiger partial charge >= 0.3 is 0 Å². The fourth-order valence-corrected chi connectivity index (χ4v) is 1.96. The van der Waals surface area contributed by atoms with Crippen molar-refractivity contribution >= 4 is 0 Å². The first-order chi connectivity index (χ1) is 7.36. The minimum absolute atomic E-state index is 0.474. The Morgan fingerprint density at radius 3 is 2.93 bits per heavy atom. The molecule has 1 aliphatic heterocycles. The molecule has 1 heterocycles. The zero-order valence-corrected chi connectivity index (χ0v) is 10.3. The lowest BCUT2D eigenvalue weighted by atomic mass is 10.2. The number of nitrogens with zero attached hydrogens (tertiary/aromatic N) is 1. The summed E-state index contributed by atoms with van der Waals surface area (Å²) in [7, 11) is 0. The van der Waals surface area contributed by atoms with E-state index in [2.05, 4.69) is 24.1 Å². The molecule has 3 heteroatoms. The Morgan fingerprint density at radius 2 is 2.20 bits per heavy atom. The first kappa shape index (κ1) is 12.9. The van der Waals surface area contributed by atoms with E-state index in [1.165, 1.54) is 19.4 Å². The van der Waals surface area contributed by atoms with E-state index in [9.17, 15) is 0 Å². The topological polar surface area (TPSA) is 24.5 Å². The van der Waals surface area contributed by atoms with Crippen LogP contribution in [0.25, 0.3) is 0 Å². The minimum Gasteiger partial charge on any atom is -0.376 e. The van der Waals surface area contributed by atoms with E-state index in [4.69, 9.17) is 4.74 Å². The van der Waals surface area contributed by atoms with Gasteiger partial charge in [0, 0.05) is 13.1 Å². The van der Waals surface area contributed by atoms with Gasteiger partial charge in [0.05, 0.1) is 12.7 Å². The lowest BCUT2D eigenvalue weighted by Crippen LogP contribution is -2.43. The van der Waals surface area contributed by atoms with Gasteiger partial charge in [0.1, 0.15) is 0 Å². The summed E-state index contributed by atoms with van der Waals surface area (Å²) in [5, 5.41) is 3.44. The molecule has 0 radical (unpaired) electrons. The van der Waals surface area contributed by atoms with Crippen LogP contribution in [0.4, 0.5) is 0 Å². The van der Waals surface area contributed by atoms with E-state index in [-0.39, 0.29) is 0 Å². The van der Waals surface area contributed by atoms with Crippen LogP contribution >= 0.6 is 0 Å². The largest absolute Gasteiger partial charge is 0.376 e. The van der Waals surface area contributed by atoms with Gasteiger partial charge in [-0.2, -0.15) is 0 Å². The molecule has 1 fully saturated rings. The van der Waals surface area contributed by atoms with Crippen LogP contribution in [0.3, 0.4) is 0 Å². The number of hydrogen-bond acceptors (Lipinski definition) is 3. The molecule has 1 unspecified atom stereocenters. The summed E-state index contributed by atoms with van der Waals surface area (Å²) in [4.78, 5) is 2.53. The quantitative estimate of drug-likeness (QED) is 0.650. The molecule has 0 bridgehead atoms. The van der Waals surface area contributed by atoms with Crippen molar-refractivity contribution in [1.82, 2.24) is 10.2 Å². The first-order valence-corrected chi connectivity index (χ1v) is 6.41. The molecule has 0 aromatic heterocycles. The zero-order chi connectivity index (χ0) is 10.9. The van der Waals surface area contributed by atoms with E-state index < -0.39 is 0 Å². The van der Waals surface area contributed by atoms with E-state index in [0.717, 1.165) is 39.2 Å². The number of nitrogens with one attached hydrogen (secondary N) is 1. The predicted octanol–water partition coefficient (Wildman–Crippen LogP) is 1.49. The summed E-state index contributed by atoms with van der Waals surface area (Å²) >= 11 is 0. The molecular weight excluding hydrogens is 188 g/mol. The molecule has 0 aromatic rings. The third kappa shape index (κ3) is 5.50. The Balaban J connectivity index is 2.00. The Labute approximate surface area is 94.2 Å². The number of morpholine rings is 1. The van der Waals surface area contributed by atoms with Crippen molar-refractivity contribution in [1.29, 1.82) is 0 Å². The maximum atomic E-state index is 5.64. The Morgan fingerprint density at radius 1 is 1.33 bits per heavy atom. The molecule has 0 amide bonds. The summed E-state index contributed by atoms with van der Waals surface area (Å²) in [6.45, 7) is 11.1. The number of hydrogen-bond donors (Lipinski definition) is 1. The molecule has 15 heavy (non-hydrogen) atoms. The van der Waals surface area contributed by atoms with E-state index in [1.807, 2.05) is 0 Å². The standard InChI is InChI=1S/C12H26N2O/c1-3-6-13-7-5-8-14-9-10-15-12(4-2)11-14/h12-13H,3-11H2,1-2H3. The minimum atomic E-state index is 0.474. The van der Waals surface area contributed by atoms with Crippen LogP contribution in [-0.4, -0.2) is 50.3 Å². The molecule has 0 aromatic carbocycles. The van der Waals surface area contributed by atoms with Crippen molar-refractivity contribution in [3.63, 3.8) is 0 Å². The van der Waals surface area contributed by atoms with Crippen molar-refractivity contribution in [2.45, 2.75) is 39.2 Å². The Kier molecular flexibility index (Phi) is 6.98. The molecule has 1 rings (SSSR count). The highest BCUT2D eigenvalue weighted by atomic mass is 16.5. The fraction of sp³-hybridized carbons (Fsp3) is 1.00. The Bertz CT molecular complexity index is 153. The van der Waals surface area contributed by atoms with Crippen molar-refractivity contribution in [3.05, 3.63) is 0 Å². The lowest BCUT2D eigenvalue weighted by Gasteiger charge is -2.32. The molecule has 3 nitrogen and oxygen atoms in total. The van der Waals surface area contributed by atoms with Crippen molar-refractivity contribution in [2.24, 2.45) is 0 Å². The smallest absolute Gasteiger partial charge is 0.0700 e. The number of rotatable bonds is 7. The predicted molar refractivity (Wildman–Crippen MR) is 64.2 cm³/mol. The van der Waals surface area contributed by atoms with Gasteiger partial charge in [-0.25, -0.2) is 0 Å². The van der Waals surface area contributed by atoms with Gasteiger partial charge in [-0.05, 0) is 38.9 Å². The summed E-state index contributed by atoms with van der Waals surface area (Å²) < 4.78 is 5.64. The van der Waals surface area contributed by atoms with Crippen LogP contribution in [0.2, 0.25) is 0 Å². The van der Waals surface area contributed by atoms with Gasteiger partial charge in [-0.15, -0.1) is 0 Å². The van der Waals surface area contributed by atoms with Crippen LogP contribution in [0, 0.1) is 0 Å². The highest BCUT2D eigenvalue weighted by Crippen LogP contribution is 2.07. The van der Waals surface area contributed by atoms with E-state index >= 15 is 0 Å². The summed E-state index contributed by atoms with van der Waals surface area (Å²) in [5.74, 6) is 0. The lowest BCUT2D eigenvalue weighted by molar-refractivity contribution is -0.0297. The molecule has 0 saturated carbocycles. The number of ether oxygens (including phenoxy) is 1. The van der Waals surface area contributed by atoms with Gasteiger partial charge in [0.2, 0.25) is 0 Å². The van der Waals surface area contributed by atoms with Gasteiger partial charge < -0.3 is 10.1 Å². The van der Waals surface area contributed by atoms with Crippen molar-refractivity contribution in [3.8, 4) is 0 Å². The average Bonchev–Trinajstić information content (AvgIpc) is 2.29. The first-order valence-electron chi connectivity index (χ1n) is 6.41. The summed E-state index contributed by atoms with van der Waals surface area (Å²) in [6, 6.07) is 0. The molecule has 0 spiro atoms. The monoisotopic (exact) mass is 214 g/mol. The summed E-state index contributed by atoms with van der Waals surface area (Å²) in [6.07, 6.45) is 4.11. The van der Waals surface area contributed by atoms with Gasteiger partial charge in [-0.1, -0.05) is 13.8 Å². The van der Waals surface area contributed by atoms with Crippen LogP contribution in [0.1, 0.15) is 33.1 Å². The second kappa shape index (κ2) is 8.08. The maximum Gasteiger partial charge on any atom is 0.0700 e. The zero-order valence-electron chi connectivity index (χ0n) is 10.3. The van der Waals surface area contributed by atoms with Crippen LogP contribution in [0.5, 0.6) is 0 Å². The average molecular weight is 214 g/mol. The van der Waals surface area contributed by atoms with Gasteiger partial charge in [0.15, 0.2) is 0 Å². The third-order valence-electron chi connectivity index (χ3n) is 2.93. The molecule has 1 N–H and O–H groups in total. The van der Waals surface area contributed by atoms with Crippen LogP contribution in [-0.2, 0) is 4.74 Å². The van der Waals surface area contributed by atoms with Crippen molar-refractivity contribution < 1.29 is 4.74 Å². The Hall–Kier alpha value is -0.120. The van der Waals surface area contributed by atoms with E-state index in [1.54, 1.807) is 0 Å². The van der Waals surface area contributed by atoms with E-state index in [0.29, 0.717) is 6.10 Å². The third-order valence-corrected chi connectivity index (χ3v) is 2.93. The molecular formula is C12H26N2O. The van der Waals surface area contributed by atoms with Crippen molar-refractivity contribution in [2.75, 3.05) is 39.3 Å². The fourth-order valence-electron chi connectivity index (χ4n) is 1.96. The van der Waals surface area contributed by atoms with Gasteiger partial charge in [-0.3, -0.25) is 4.90 Å². The normalized spacial score (nSPS) is 23.2. The second-order valence-corrected chi connectivity index (χ2v) is 4.31. The molecule has 1 atom stereocenters. The maximum absolute atomic E-state index is 5.64. The molecule has 1 saturated heterocycles. The molecule has 90 valence electrons. The van der Waals surface area contributed by atoms with Crippen LogP contribution < -0.4 is 5.32 Å². The second-order valence-electron chi connectivity index (χ2n) is 4.31. The molecule has 1 aliphatic rings. The SMILES string of the molecule is CCCNCCCN1CCOC(CC)C1. The highest BCUT2D eigenvalue weighted by Gasteiger charge is 2.17.